The summed E-state index contributed by atoms with van der Waals surface area (Å²) in [6, 6.07) is 0. The number of rotatable bonds is 4. The minimum absolute atomic E-state index is 0.0961. The Balaban J connectivity index is 2.79. The van der Waals surface area contributed by atoms with Gasteiger partial charge in [0.05, 0.1) is 0 Å². The molecule has 1 saturated carbocycles. The molecule has 0 aromatic heterocycles. The molecule has 0 aliphatic heterocycles. The Morgan fingerprint density at radius 2 is 2.00 bits per heavy atom. The van der Waals surface area contributed by atoms with Crippen LogP contribution < -0.4 is 0 Å². The lowest BCUT2D eigenvalue weighted by atomic mass is 9.80. The van der Waals surface area contributed by atoms with Crippen molar-refractivity contribution in [2.75, 3.05) is 13.7 Å². The van der Waals surface area contributed by atoms with Crippen LogP contribution >= 0.6 is 0 Å². The van der Waals surface area contributed by atoms with Crippen LogP contribution in [0.2, 0.25) is 0 Å². The molecule has 0 atom stereocenters. The third-order valence-corrected chi connectivity index (χ3v) is 3.32. The van der Waals surface area contributed by atoms with Crippen molar-refractivity contribution < 1.29 is 19.4 Å². The van der Waals surface area contributed by atoms with Crippen molar-refractivity contribution in [1.82, 2.24) is 4.90 Å². The van der Waals surface area contributed by atoms with E-state index in [0.717, 1.165) is 19.3 Å². The van der Waals surface area contributed by atoms with E-state index in [0.29, 0.717) is 12.8 Å². The summed E-state index contributed by atoms with van der Waals surface area (Å²) in [6.07, 6.45) is 4.50. The number of amides is 1. The zero-order chi connectivity index (χ0) is 12.9. The first-order valence-electron chi connectivity index (χ1n) is 5.79. The number of ether oxygens (including phenoxy) is 1. The van der Waals surface area contributed by atoms with E-state index in [2.05, 4.69) is 6.58 Å². The molecule has 1 aliphatic rings. The molecule has 5 heteroatoms. The fourth-order valence-corrected chi connectivity index (χ4v) is 2.23. The highest BCUT2D eigenvalue weighted by molar-refractivity contribution is 5.84. The van der Waals surface area contributed by atoms with E-state index in [1.54, 1.807) is 0 Å². The standard InChI is InChI=1S/C12H19NO4/c1-3-9-17-11(16)13(2)12(10(14)15)7-5-4-6-8-12/h3H,1,4-9H2,2H3,(H,14,15). The molecule has 1 rings (SSSR count). The van der Waals surface area contributed by atoms with Gasteiger partial charge in [0.2, 0.25) is 0 Å². The Bertz CT molecular complexity index is 308. The fraction of sp³-hybridized carbons (Fsp3) is 0.667. The van der Waals surface area contributed by atoms with Crippen molar-refractivity contribution in [3.8, 4) is 0 Å². The lowest BCUT2D eigenvalue weighted by Crippen LogP contribution is -2.56. The van der Waals surface area contributed by atoms with Gasteiger partial charge >= 0.3 is 12.1 Å². The number of likely N-dealkylation sites (N-methyl/N-ethyl adjacent to an activating group) is 1. The summed E-state index contributed by atoms with van der Waals surface area (Å²) in [5, 5.41) is 9.36. The van der Waals surface area contributed by atoms with Gasteiger partial charge < -0.3 is 9.84 Å². The van der Waals surface area contributed by atoms with Crippen LogP contribution in [0.3, 0.4) is 0 Å². The van der Waals surface area contributed by atoms with Crippen LogP contribution in [0.4, 0.5) is 4.79 Å². The highest BCUT2D eigenvalue weighted by atomic mass is 16.6. The maximum absolute atomic E-state index is 11.7. The second-order valence-electron chi connectivity index (χ2n) is 4.32. The number of carbonyl (C=O) groups excluding carboxylic acids is 1. The molecule has 1 amide bonds. The predicted octanol–water partition coefficient (Wildman–Crippen LogP) is 2.03. The summed E-state index contributed by atoms with van der Waals surface area (Å²) in [5.41, 5.74) is -1.10. The maximum Gasteiger partial charge on any atom is 0.410 e. The normalized spacial score (nSPS) is 18.2. The van der Waals surface area contributed by atoms with E-state index in [1.165, 1.54) is 18.0 Å². The maximum atomic E-state index is 11.7. The molecule has 1 aliphatic carbocycles. The van der Waals surface area contributed by atoms with Gasteiger partial charge in [0.25, 0.3) is 0 Å². The van der Waals surface area contributed by atoms with Crippen LogP contribution in [0.25, 0.3) is 0 Å². The molecule has 0 aromatic carbocycles. The molecule has 0 heterocycles. The molecule has 17 heavy (non-hydrogen) atoms. The second-order valence-corrected chi connectivity index (χ2v) is 4.32. The van der Waals surface area contributed by atoms with E-state index in [4.69, 9.17) is 4.74 Å². The van der Waals surface area contributed by atoms with Gasteiger partial charge in [-0.25, -0.2) is 9.59 Å². The van der Waals surface area contributed by atoms with Crippen LogP contribution in [0.1, 0.15) is 32.1 Å². The third-order valence-electron chi connectivity index (χ3n) is 3.32. The zero-order valence-electron chi connectivity index (χ0n) is 10.1. The van der Waals surface area contributed by atoms with Gasteiger partial charge in [0.1, 0.15) is 12.1 Å². The van der Waals surface area contributed by atoms with Gasteiger partial charge in [-0.05, 0) is 12.8 Å². The van der Waals surface area contributed by atoms with Gasteiger partial charge in [0.15, 0.2) is 0 Å². The summed E-state index contributed by atoms with van der Waals surface area (Å²) in [7, 11) is 1.49. The minimum Gasteiger partial charge on any atom is -0.479 e. The van der Waals surface area contributed by atoms with Crippen LogP contribution in [-0.2, 0) is 9.53 Å². The predicted molar refractivity (Wildman–Crippen MR) is 62.8 cm³/mol. The average molecular weight is 241 g/mol. The fourth-order valence-electron chi connectivity index (χ4n) is 2.23. The van der Waals surface area contributed by atoms with E-state index >= 15 is 0 Å². The van der Waals surface area contributed by atoms with E-state index in [1.807, 2.05) is 0 Å². The topological polar surface area (TPSA) is 66.8 Å². The number of nitrogens with zero attached hydrogens (tertiary/aromatic N) is 1. The van der Waals surface area contributed by atoms with Gasteiger partial charge in [-0.1, -0.05) is 31.9 Å². The number of carboxylic acid groups (broad SMARTS) is 1. The number of aliphatic carboxylic acids is 1. The van der Waals surface area contributed by atoms with E-state index < -0.39 is 17.6 Å². The summed E-state index contributed by atoms with van der Waals surface area (Å²) < 4.78 is 4.89. The number of carboxylic acids is 1. The van der Waals surface area contributed by atoms with Gasteiger partial charge in [-0.3, -0.25) is 4.90 Å². The Morgan fingerprint density at radius 1 is 1.41 bits per heavy atom. The Hall–Kier alpha value is -1.52. The molecular formula is C12H19NO4. The highest BCUT2D eigenvalue weighted by Gasteiger charge is 2.46. The molecule has 0 bridgehead atoms. The van der Waals surface area contributed by atoms with Crippen LogP contribution in [0.5, 0.6) is 0 Å². The second kappa shape index (κ2) is 5.70. The summed E-state index contributed by atoms with van der Waals surface area (Å²) in [4.78, 5) is 24.4. The summed E-state index contributed by atoms with van der Waals surface area (Å²) >= 11 is 0. The molecule has 96 valence electrons. The molecule has 0 aromatic rings. The molecule has 5 nitrogen and oxygen atoms in total. The van der Waals surface area contributed by atoms with Crippen LogP contribution in [-0.4, -0.2) is 41.3 Å². The summed E-state index contributed by atoms with van der Waals surface area (Å²) in [5.74, 6) is -0.949. The van der Waals surface area contributed by atoms with Crippen molar-refractivity contribution in [2.24, 2.45) is 0 Å². The highest BCUT2D eigenvalue weighted by Crippen LogP contribution is 2.33. The van der Waals surface area contributed by atoms with E-state index in [-0.39, 0.29) is 6.61 Å². The Kier molecular flexibility index (Phi) is 4.54. The Labute approximate surface area is 101 Å². The average Bonchev–Trinajstić information content (AvgIpc) is 2.35. The van der Waals surface area contributed by atoms with Crippen LogP contribution in [0.15, 0.2) is 12.7 Å². The molecular weight excluding hydrogens is 222 g/mol. The zero-order valence-corrected chi connectivity index (χ0v) is 10.1. The van der Waals surface area contributed by atoms with Crippen molar-refractivity contribution in [3.63, 3.8) is 0 Å². The molecule has 1 fully saturated rings. The molecule has 0 spiro atoms. The molecule has 0 unspecified atom stereocenters. The lowest BCUT2D eigenvalue weighted by molar-refractivity contribution is -0.152. The number of hydrogen-bond acceptors (Lipinski definition) is 3. The van der Waals surface area contributed by atoms with Crippen molar-refractivity contribution in [3.05, 3.63) is 12.7 Å². The van der Waals surface area contributed by atoms with E-state index in [9.17, 15) is 14.7 Å². The minimum atomic E-state index is -1.10. The molecule has 1 N–H and O–H groups in total. The summed E-state index contributed by atoms with van der Waals surface area (Å²) in [6.45, 7) is 3.54. The lowest BCUT2D eigenvalue weighted by Gasteiger charge is -2.40. The quantitative estimate of drug-likeness (QED) is 0.765. The number of hydrogen-bond donors (Lipinski definition) is 1. The first-order chi connectivity index (χ1) is 8.04. The van der Waals surface area contributed by atoms with Crippen molar-refractivity contribution in [2.45, 2.75) is 37.6 Å². The SMILES string of the molecule is C=CCOC(=O)N(C)C1(C(=O)O)CCCCC1. The van der Waals surface area contributed by atoms with Gasteiger partial charge in [-0.2, -0.15) is 0 Å². The number of carbonyl (C=O) groups is 2. The first-order valence-corrected chi connectivity index (χ1v) is 5.79. The third kappa shape index (κ3) is 2.78. The van der Waals surface area contributed by atoms with Gasteiger partial charge in [-0.15, -0.1) is 0 Å². The largest absolute Gasteiger partial charge is 0.479 e. The molecule has 0 saturated heterocycles. The monoisotopic (exact) mass is 241 g/mol. The van der Waals surface area contributed by atoms with Crippen molar-refractivity contribution >= 4 is 12.1 Å². The van der Waals surface area contributed by atoms with Gasteiger partial charge in [0, 0.05) is 7.05 Å². The van der Waals surface area contributed by atoms with Crippen LogP contribution in [0, 0.1) is 0 Å². The van der Waals surface area contributed by atoms with Crippen molar-refractivity contribution in [1.29, 1.82) is 0 Å². The Morgan fingerprint density at radius 3 is 2.47 bits per heavy atom. The smallest absolute Gasteiger partial charge is 0.410 e. The first kappa shape index (κ1) is 13.5. The molecule has 0 radical (unpaired) electrons.